The first-order valence-corrected chi connectivity index (χ1v) is 7.27. The van der Waals surface area contributed by atoms with Crippen molar-refractivity contribution >= 4 is 17.3 Å². The van der Waals surface area contributed by atoms with Crippen LogP contribution in [0.1, 0.15) is 19.4 Å². The zero-order valence-electron chi connectivity index (χ0n) is 12.5. The number of benzene rings is 1. The fourth-order valence-electron chi connectivity index (χ4n) is 2.45. The van der Waals surface area contributed by atoms with E-state index < -0.39 is 0 Å². The van der Waals surface area contributed by atoms with Crippen molar-refractivity contribution in [3.05, 3.63) is 28.8 Å². The maximum atomic E-state index is 6.42. The molecule has 19 heavy (non-hydrogen) atoms. The molecule has 0 aliphatic rings. The smallest absolute Gasteiger partial charge is 0.0642 e. The van der Waals surface area contributed by atoms with Crippen LogP contribution in [0, 0.1) is 0 Å². The van der Waals surface area contributed by atoms with E-state index in [1.807, 2.05) is 6.07 Å². The third-order valence-corrected chi connectivity index (χ3v) is 3.56. The fraction of sp³-hybridized carbons (Fsp3) is 0.600. The maximum Gasteiger partial charge on any atom is 0.0642 e. The van der Waals surface area contributed by atoms with Crippen molar-refractivity contribution in [2.24, 2.45) is 5.73 Å². The molecule has 3 nitrogen and oxygen atoms in total. The van der Waals surface area contributed by atoms with Crippen LogP contribution in [0.15, 0.2) is 18.2 Å². The predicted molar refractivity (Wildman–Crippen MR) is 85.2 cm³/mol. The Bertz CT molecular complexity index is 393. The van der Waals surface area contributed by atoms with Gasteiger partial charge in [-0.2, -0.15) is 0 Å². The molecule has 0 aromatic heterocycles. The van der Waals surface area contributed by atoms with Crippen LogP contribution >= 0.6 is 11.6 Å². The topological polar surface area (TPSA) is 32.5 Å². The van der Waals surface area contributed by atoms with Gasteiger partial charge in [0.05, 0.1) is 10.7 Å². The number of hydrogen-bond donors (Lipinski definition) is 1. The number of nitrogens with zero attached hydrogens (tertiary/aromatic N) is 2. The maximum absolute atomic E-state index is 6.42. The molecule has 1 atom stereocenters. The molecule has 0 aliphatic carbocycles. The molecule has 108 valence electrons. The summed E-state index contributed by atoms with van der Waals surface area (Å²) in [6, 6.07) is 6.70. The molecule has 0 saturated carbocycles. The van der Waals surface area contributed by atoms with E-state index in [0.29, 0.717) is 12.6 Å². The van der Waals surface area contributed by atoms with Gasteiger partial charge in [0.15, 0.2) is 0 Å². The lowest BCUT2D eigenvalue weighted by molar-refractivity contribution is 0.373. The Balaban J connectivity index is 2.92. The van der Waals surface area contributed by atoms with Gasteiger partial charge in [-0.1, -0.05) is 17.7 Å². The van der Waals surface area contributed by atoms with E-state index in [1.54, 1.807) is 0 Å². The number of anilines is 1. The van der Waals surface area contributed by atoms with Crippen molar-refractivity contribution < 1.29 is 0 Å². The summed E-state index contributed by atoms with van der Waals surface area (Å²) >= 11 is 6.42. The first kappa shape index (κ1) is 16.3. The zero-order chi connectivity index (χ0) is 14.4. The van der Waals surface area contributed by atoms with Gasteiger partial charge in [-0.3, -0.25) is 0 Å². The van der Waals surface area contributed by atoms with E-state index in [4.69, 9.17) is 17.3 Å². The Morgan fingerprint density at radius 2 is 2.00 bits per heavy atom. The second kappa shape index (κ2) is 7.73. The van der Waals surface area contributed by atoms with Gasteiger partial charge in [-0.25, -0.2) is 0 Å². The van der Waals surface area contributed by atoms with Gasteiger partial charge in [0.1, 0.15) is 0 Å². The van der Waals surface area contributed by atoms with Gasteiger partial charge >= 0.3 is 0 Å². The van der Waals surface area contributed by atoms with Gasteiger partial charge in [-0.05, 0) is 58.6 Å². The molecule has 0 fully saturated rings. The van der Waals surface area contributed by atoms with Crippen LogP contribution in [0.25, 0.3) is 0 Å². The SMILES string of the molecule is CCN(c1ccc(CCN)cc1Cl)C(C)CN(C)C. The Labute approximate surface area is 122 Å². The molecule has 0 radical (unpaired) electrons. The summed E-state index contributed by atoms with van der Waals surface area (Å²) < 4.78 is 0. The minimum absolute atomic E-state index is 0.429. The number of rotatable bonds is 7. The zero-order valence-corrected chi connectivity index (χ0v) is 13.2. The molecule has 4 heteroatoms. The largest absolute Gasteiger partial charge is 0.367 e. The molecule has 0 aliphatic heterocycles. The second-order valence-corrected chi connectivity index (χ2v) is 5.63. The molecular formula is C15H26ClN3. The molecule has 1 rings (SSSR count). The standard InChI is InChI=1S/C15H26ClN3/c1-5-19(12(2)11-18(3)4)15-7-6-13(8-9-17)10-14(15)16/h6-7,10,12H,5,8-9,11,17H2,1-4H3. The third-order valence-electron chi connectivity index (χ3n) is 3.26. The number of hydrogen-bond acceptors (Lipinski definition) is 3. The van der Waals surface area contributed by atoms with Crippen LogP contribution in [0.2, 0.25) is 5.02 Å². The van der Waals surface area contributed by atoms with Crippen molar-refractivity contribution in [2.75, 3.05) is 38.6 Å². The van der Waals surface area contributed by atoms with Crippen molar-refractivity contribution in [3.63, 3.8) is 0 Å². The Morgan fingerprint density at radius 3 is 2.47 bits per heavy atom. The molecule has 1 aromatic carbocycles. The monoisotopic (exact) mass is 283 g/mol. The summed E-state index contributed by atoms with van der Waals surface area (Å²) in [4.78, 5) is 4.54. The lowest BCUT2D eigenvalue weighted by atomic mass is 10.1. The lowest BCUT2D eigenvalue weighted by Crippen LogP contribution is -2.40. The Morgan fingerprint density at radius 1 is 1.32 bits per heavy atom. The Hall–Kier alpha value is -0.770. The van der Waals surface area contributed by atoms with Crippen LogP contribution in [0.5, 0.6) is 0 Å². The highest BCUT2D eigenvalue weighted by atomic mass is 35.5. The molecule has 0 heterocycles. The molecule has 0 amide bonds. The van der Waals surface area contributed by atoms with Gasteiger partial charge in [-0.15, -0.1) is 0 Å². The molecule has 0 saturated heterocycles. The molecular weight excluding hydrogens is 258 g/mol. The minimum atomic E-state index is 0.429. The molecule has 2 N–H and O–H groups in total. The summed E-state index contributed by atoms with van der Waals surface area (Å²) in [6.45, 7) is 7.01. The Kier molecular flexibility index (Phi) is 6.63. The highest BCUT2D eigenvalue weighted by molar-refractivity contribution is 6.33. The summed E-state index contributed by atoms with van der Waals surface area (Å²) in [5, 5.41) is 0.818. The molecule has 1 aromatic rings. The normalized spacial score (nSPS) is 12.8. The van der Waals surface area contributed by atoms with Crippen LogP contribution in [-0.4, -0.2) is 44.7 Å². The second-order valence-electron chi connectivity index (χ2n) is 5.22. The molecule has 1 unspecified atom stereocenters. The van der Waals surface area contributed by atoms with E-state index in [2.05, 4.69) is 49.9 Å². The van der Waals surface area contributed by atoms with Gasteiger partial charge < -0.3 is 15.5 Å². The van der Waals surface area contributed by atoms with Crippen LogP contribution < -0.4 is 10.6 Å². The average Bonchev–Trinajstić information content (AvgIpc) is 2.32. The average molecular weight is 284 g/mol. The third kappa shape index (κ3) is 4.68. The minimum Gasteiger partial charge on any atom is -0.367 e. The van der Waals surface area contributed by atoms with E-state index in [-0.39, 0.29) is 0 Å². The summed E-state index contributed by atoms with van der Waals surface area (Å²) in [5.74, 6) is 0. The van der Waals surface area contributed by atoms with Crippen molar-refractivity contribution in [3.8, 4) is 0 Å². The number of nitrogens with two attached hydrogens (primary N) is 1. The van der Waals surface area contributed by atoms with Crippen LogP contribution in [0.4, 0.5) is 5.69 Å². The van der Waals surface area contributed by atoms with E-state index in [9.17, 15) is 0 Å². The van der Waals surface area contributed by atoms with E-state index in [0.717, 1.165) is 30.2 Å². The van der Waals surface area contributed by atoms with Crippen LogP contribution in [0.3, 0.4) is 0 Å². The predicted octanol–water partition coefficient (Wildman–Crippen LogP) is 2.62. The first-order chi connectivity index (χ1) is 8.99. The van der Waals surface area contributed by atoms with Crippen LogP contribution in [-0.2, 0) is 6.42 Å². The number of likely N-dealkylation sites (N-methyl/N-ethyl adjacent to an activating group) is 2. The van der Waals surface area contributed by atoms with E-state index in [1.165, 1.54) is 5.56 Å². The number of halogens is 1. The molecule has 0 spiro atoms. The summed E-state index contributed by atoms with van der Waals surface area (Å²) in [6.07, 6.45) is 0.874. The van der Waals surface area contributed by atoms with Crippen molar-refractivity contribution in [1.29, 1.82) is 0 Å². The quantitative estimate of drug-likeness (QED) is 0.835. The fourth-order valence-corrected chi connectivity index (χ4v) is 2.76. The van der Waals surface area contributed by atoms with Crippen molar-refractivity contribution in [2.45, 2.75) is 26.3 Å². The van der Waals surface area contributed by atoms with Gasteiger partial charge in [0, 0.05) is 19.1 Å². The lowest BCUT2D eigenvalue weighted by Gasteiger charge is -2.32. The highest BCUT2D eigenvalue weighted by Crippen LogP contribution is 2.28. The summed E-state index contributed by atoms with van der Waals surface area (Å²) in [5.41, 5.74) is 7.89. The van der Waals surface area contributed by atoms with Crippen molar-refractivity contribution in [1.82, 2.24) is 4.90 Å². The summed E-state index contributed by atoms with van der Waals surface area (Å²) in [7, 11) is 4.19. The molecule has 0 bridgehead atoms. The van der Waals surface area contributed by atoms with Gasteiger partial charge in [0.25, 0.3) is 0 Å². The highest BCUT2D eigenvalue weighted by Gasteiger charge is 2.16. The van der Waals surface area contributed by atoms with Gasteiger partial charge in [0.2, 0.25) is 0 Å². The van der Waals surface area contributed by atoms with E-state index >= 15 is 0 Å². The first-order valence-electron chi connectivity index (χ1n) is 6.89.